The van der Waals surface area contributed by atoms with Crippen LogP contribution < -0.4 is 16.0 Å². The molecule has 0 aliphatic heterocycles. The van der Waals surface area contributed by atoms with E-state index in [-0.39, 0.29) is 12.1 Å². The van der Waals surface area contributed by atoms with Gasteiger partial charge in [-0.3, -0.25) is 4.99 Å². The second-order valence-electron chi connectivity index (χ2n) is 5.31. The van der Waals surface area contributed by atoms with Gasteiger partial charge in [0.15, 0.2) is 5.96 Å². The molecular weight excluding hydrogens is 268 g/mol. The van der Waals surface area contributed by atoms with Crippen LogP contribution in [-0.4, -0.2) is 44.3 Å². The summed E-state index contributed by atoms with van der Waals surface area (Å²) in [5.41, 5.74) is 0. The van der Waals surface area contributed by atoms with Gasteiger partial charge in [-0.05, 0) is 39.0 Å². The van der Waals surface area contributed by atoms with Gasteiger partial charge in [0, 0.05) is 13.1 Å². The normalized spacial score (nSPS) is 16.2. The van der Waals surface area contributed by atoms with Crippen molar-refractivity contribution < 1.29 is 9.53 Å². The maximum Gasteiger partial charge on any atom is 0.407 e. The Hall–Kier alpha value is -1.46. The number of guanidine groups is 1. The van der Waals surface area contributed by atoms with Crippen molar-refractivity contribution in [2.45, 2.75) is 52.5 Å². The first-order valence-electron chi connectivity index (χ1n) is 8.16. The zero-order valence-corrected chi connectivity index (χ0v) is 13.6. The lowest BCUT2D eigenvalue weighted by Gasteiger charge is -2.17. The summed E-state index contributed by atoms with van der Waals surface area (Å²) in [6, 6.07) is 0.0747. The molecule has 1 aliphatic rings. The predicted octanol–water partition coefficient (Wildman–Crippen LogP) is 1.87. The van der Waals surface area contributed by atoms with Gasteiger partial charge >= 0.3 is 6.09 Å². The number of hydrogen-bond acceptors (Lipinski definition) is 3. The van der Waals surface area contributed by atoms with Crippen LogP contribution in [0.3, 0.4) is 0 Å². The Bertz CT molecular complexity index is 330. The number of ether oxygens (including phenoxy) is 1. The molecular formula is C15H30N4O2. The van der Waals surface area contributed by atoms with E-state index >= 15 is 0 Å². The topological polar surface area (TPSA) is 74.8 Å². The van der Waals surface area contributed by atoms with Crippen LogP contribution >= 0.6 is 0 Å². The minimum Gasteiger partial charge on any atom is -0.450 e. The van der Waals surface area contributed by atoms with Gasteiger partial charge in [0.25, 0.3) is 0 Å². The molecule has 0 bridgehead atoms. The zero-order chi connectivity index (χ0) is 15.5. The number of carbonyl (C=O) groups is 1. The Labute approximate surface area is 128 Å². The third kappa shape index (κ3) is 7.78. The molecule has 0 radical (unpaired) electrons. The van der Waals surface area contributed by atoms with Gasteiger partial charge < -0.3 is 20.7 Å². The van der Waals surface area contributed by atoms with Crippen molar-refractivity contribution >= 4 is 12.1 Å². The fourth-order valence-corrected chi connectivity index (χ4v) is 2.05. The van der Waals surface area contributed by atoms with E-state index in [4.69, 9.17) is 4.74 Å². The van der Waals surface area contributed by atoms with Gasteiger partial charge in [-0.25, -0.2) is 4.79 Å². The number of rotatable bonds is 9. The SMILES string of the molecule is CCCCNC(=NCC(NC(=O)OCC)C1CC1)NCC. The molecule has 1 atom stereocenters. The van der Waals surface area contributed by atoms with Gasteiger partial charge in [0.2, 0.25) is 0 Å². The number of alkyl carbamates (subject to hydrolysis) is 1. The minimum atomic E-state index is -0.339. The van der Waals surface area contributed by atoms with Crippen LogP contribution in [0.5, 0.6) is 0 Å². The van der Waals surface area contributed by atoms with E-state index in [0.717, 1.165) is 44.7 Å². The summed E-state index contributed by atoms with van der Waals surface area (Å²) in [5.74, 6) is 1.36. The summed E-state index contributed by atoms with van der Waals surface area (Å²) in [6.45, 7) is 8.76. The molecule has 1 aliphatic carbocycles. The summed E-state index contributed by atoms with van der Waals surface area (Å²) in [4.78, 5) is 16.1. The van der Waals surface area contributed by atoms with Crippen LogP contribution in [0.2, 0.25) is 0 Å². The van der Waals surface area contributed by atoms with Crippen LogP contribution in [0.4, 0.5) is 4.79 Å². The third-order valence-electron chi connectivity index (χ3n) is 3.38. The first-order chi connectivity index (χ1) is 10.2. The Morgan fingerprint density at radius 1 is 1.29 bits per heavy atom. The molecule has 0 spiro atoms. The molecule has 122 valence electrons. The summed E-state index contributed by atoms with van der Waals surface area (Å²) in [6.07, 6.45) is 4.26. The van der Waals surface area contributed by atoms with Crippen molar-refractivity contribution in [2.75, 3.05) is 26.2 Å². The molecule has 0 aromatic heterocycles. The summed E-state index contributed by atoms with van der Waals surface area (Å²) >= 11 is 0. The van der Waals surface area contributed by atoms with E-state index in [1.54, 1.807) is 0 Å². The highest BCUT2D eigenvalue weighted by atomic mass is 16.5. The lowest BCUT2D eigenvalue weighted by Crippen LogP contribution is -2.42. The van der Waals surface area contributed by atoms with Crippen molar-refractivity contribution in [1.29, 1.82) is 0 Å². The van der Waals surface area contributed by atoms with Crippen LogP contribution in [0.1, 0.15) is 46.5 Å². The van der Waals surface area contributed by atoms with Gasteiger partial charge in [0.1, 0.15) is 0 Å². The highest BCUT2D eigenvalue weighted by molar-refractivity contribution is 5.79. The van der Waals surface area contributed by atoms with Crippen molar-refractivity contribution in [1.82, 2.24) is 16.0 Å². The Kier molecular flexibility index (Phi) is 8.62. The van der Waals surface area contributed by atoms with Gasteiger partial charge in [-0.2, -0.15) is 0 Å². The largest absolute Gasteiger partial charge is 0.450 e. The first-order valence-corrected chi connectivity index (χ1v) is 8.16. The van der Waals surface area contributed by atoms with Gasteiger partial charge in [-0.15, -0.1) is 0 Å². The fraction of sp³-hybridized carbons (Fsp3) is 0.867. The van der Waals surface area contributed by atoms with Crippen molar-refractivity contribution in [3.8, 4) is 0 Å². The zero-order valence-electron chi connectivity index (χ0n) is 13.6. The fourth-order valence-electron chi connectivity index (χ4n) is 2.05. The maximum atomic E-state index is 11.6. The molecule has 1 unspecified atom stereocenters. The number of nitrogens with one attached hydrogen (secondary N) is 3. The Morgan fingerprint density at radius 3 is 2.62 bits per heavy atom. The summed E-state index contributed by atoms with van der Waals surface area (Å²) in [7, 11) is 0. The molecule has 1 amide bonds. The van der Waals surface area contributed by atoms with Crippen molar-refractivity contribution in [3.05, 3.63) is 0 Å². The molecule has 1 saturated carbocycles. The average molecular weight is 298 g/mol. The lowest BCUT2D eigenvalue weighted by molar-refractivity contribution is 0.147. The molecule has 21 heavy (non-hydrogen) atoms. The molecule has 6 nitrogen and oxygen atoms in total. The molecule has 0 saturated heterocycles. The molecule has 1 rings (SSSR count). The van der Waals surface area contributed by atoms with Crippen LogP contribution in [-0.2, 0) is 4.74 Å². The standard InChI is InChI=1S/C15H30N4O2/c1-4-7-10-17-14(16-5-2)18-11-13(12-8-9-12)19-15(20)21-6-3/h12-13H,4-11H2,1-3H3,(H,19,20)(H2,16,17,18). The monoisotopic (exact) mass is 298 g/mol. The first kappa shape index (κ1) is 17.6. The second-order valence-corrected chi connectivity index (χ2v) is 5.31. The van der Waals surface area contributed by atoms with E-state index in [0.29, 0.717) is 19.1 Å². The Balaban J connectivity index is 2.46. The highest BCUT2D eigenvalue weighted by Gasteiger charge is 2.32. The molecule has 0 aromatic rings. The third-order valence-corrected chi connectivity index (χ3v) is 3.38. The number of amides is 1. The summed E-state index contributed by atoms with van der Waals surface area (Å²) in [5, 5.41) is 9.46. The van der Waals surface area contributed by atoms with E-state index in [2.05, 4.69) is 27.9 Å². The van der Waals surface area contributed by atoms with E-state index in [1.165, 1.54) is 0 Å². The quantitative estimate of drug-likeness (QED) is 0.345. The molecule has 0 heterocycles. The predicted molar refractivity (Wildman–Crippen MR) is 85.6 cm³/mol. The number of unbranched alkanes of at least 4 members (excludes halogenated alkanes) is 1. The second kappa shape index (κ2) is 10.3. The van der Waals surface area contributed by atoms with E-state index in [9.17, 15) is 4.79 Å². The molecule has 3 N–H and O–H groups in total. The van der Waals surface area contributed by atoms with Gasteiger partial charge in [-0.1, -0.05) is 13.3 Å². The summed E-state index contributed by atoms with van der Waals surface area (Å²) < 4.78 is 4.95. The smallest absolute Gasteiger partial charge is 0.407 e. The van der Waals surface area contributed by atoms with E-state index < -0.39 is 0 Å². The number of hydrogen-bond donors (Lipinski definition) is 3. The van der Waals surface area contributed by atoms with Crippen LogP contribution in [0.15, 0.2) is 4.99 Å². The average Bonchev–Trinajstić information content (AvgIpc) is 3.28. The highest BCUT2D eigenvalue weighted by Crippen LogP contribution is 2.32. The molecule has 1 fully saturated rings. The number of aliphatic imine (C=N–C) groups is 1. The van der Waals surface area contributed by atoms with Crippen LogP contribution in [0, 0.1) is 5.92 Å². The molecule has 6 heteroatoms. The molecule has 0 aromatic carbocycles. The number of nitrogens with zero attached hydrogens (tertiary/aromatic N) is 1. The van der Waals surface area contributed by atoms with Crippen molar-refractivity contribution in [2.24, 2.45) is 10.9 Å². The van der Waals surface area contributed by atoms with Crippen molar-refractivity contribution in [3.63, 3.8) is 0 Å². The minimum absolute atomic E-state index is 0.0747. The van der Waals surface area contributed by atoms with Gasteiger partial charge in [0.05, 0.1) is 19.2 Å². The lowest BCUT2D eigenvalue weighted by atomic mass is 10.2. The Morgan fingerprint density at radius 2 is 2.05 bits per heavy atom. The van der Waals surface area contributed by atoms with E-state index in [1.807, 2.05) is 13.8 Å². The number of carbonyl (C=O) groups excluding carboxylic acids is 1. The maximum absolute atomic E-state index is 11.6. The van der Waals surface area contributed by atoms with Crippen LogP contribution in [0.25, 0.3) is 0 Å².